The van der Waals surface area contributed by atoms with Gasteiger partial charge >= 0.3 is 0 Å². The highest BCUT2D eigenvalue weighted by molar-refractivity contribution is 5.75. The van der Waals surface area contributed by atoms with Gasteiger partial charge in [0, 0.05) is 32.7 Å². The van der Waals surface area contributed by atoms with E-state index in [9.17, 15) is 9.90 Å². The Morgan fingerprint density at radius 3 is 2.41 bits per heavy atom. The van der Waals surface area contributed by atoms with E-state index in [2.05, 4.69) is 5.32 Å². The van der Waals surface area contributed by atoms with Gasteiger partial charge in [-0.25, -0.2) is 0 Å². The normalized spacial score (nSPS) is 12.0. The first kappa shape index (κ1) is 13.5. The highest BCUT2D eigenvalue weighted by atomic mass is 16.3. The van der Waals surface area contributed by atoms with Crippen molar-refractivity contribution in [2.75, 3.05) is 25.5 Å². The predicted octanol–water partition coefficient (Wildman–Crippen LogP) is 1.31. The van der Waals surface area contributed by atoms with Crippen LogP contribution in [0.1, 0.15) is 25.0 Å². The molecule has 0 spiro atoms. The minimum Gasteiger partial charge on any atom is -0.387 e. The van der Waals surface area contributed by atoms with Crippen molar-refractivity contribution in [3.8, 4) is 0 Å². The molecule has 2 N–H and O–H groups in total. The van der Waals surface area contributed by atoms with Crippen LogP contribution in [0.2, 0.25) is 0 Å². The largest absolute Gasteiger partial charge is 0.387 e. The minimum atomic E-state index is -0.651. The van der Waals surface area contributed by atoms with Crippen molar-refractivity contribution in [2.24, 2.45) is 0 Å². The Morgan fingerprint density at radius 1 is 1.35 bits per heavy atom. The van der Waals surface area contributed by atoms with Crippen molar-refractivity contribution in [1.82, 2.24) is 5.32 Å². The third kappa shape index (κ3) is 4.07. The van der Waals surface area contributed by atoms with Gasteiger partial charge in [-0.05, 0) is 17.7 Å². The Labute approximate surface area is 102 Å². The zero-order valence-electron chi connectivity index (χ0n) is 10.6. The Kier molecular flexibility index (Phi) is 4.97. The van der Waals surface area contributed by atoms with Gasteiger partial charge in [-0.15, -0.1) is 0 Å². The van der Waals surface area contributed by atoms with Crippen molar-refractivity contribution in [1.29, 1.82) is 0 Å². The molecule has 0 heterocycles. The second-order valence-corrected chi connectivity index (χ2v) is 4.16. The van der Waals surface area contributed by atoms with Crippen LogP contribution in [-0.4, -0.2) is 31.7 Å². The SMILES string of the molecule is CCC(=O)NCC(O)c1ccc(N(C)C)cc1. The Bertz CT molecular complexity index is 360. The second-order valence-electron chi connectivity index (χ2n) is 4.16. The third-order valence-corrected chi connectivity index (χ3v) is 2.61. The summed E-state index contributed by atoms with van der Waals surface area (Å²) in [6.45, 7) is 2.04. The lowest BCUT2D eigenvalue weighted by Gasteiger charge is -2.15. The molecule has 1 aromatic carbocycles. The molecule has 0 radical (unpaired) electrons. The number of hydrogen-bond acceptors (Lipinski definition) is 3. The summed E-state index contributed by atoms with van der Waals surface area (Å²) in [6.07, 6.45) is -0.214. The molecule has 94 valence electrons. The highest BCUT2D eigenvalue weighted by Crippen LogP contribution is 2.17. The lowest BCUT2D eigenvalue weighted by Crippen LogP contribution is -2.27. The number of rotatable bonds is 5. The summed E-state index contributed by atoms with van der Waals surface area (Å²) < 4.78 is 0. The average molecular weight is 236 g/mol. The van der Waals surface area contributed by atoms with E-state index < -0.39 is 6.10 Å². The lowest BCUT2D eigenvalue weighted by molar-refractivity contribution is -0.121. The van der Waals surface area contributed by atoms with Gasteiger partial charge in [0.05, 0.1) is 6.10 Å². The molecule has 0 bridgehead atoms. The van der Waals surface area contributed by atoms with Gasteiger partial charge in [-0.2, -0.15) is 0 Å². The van der Waals surface area contributed by atoms with Gasteiger partial charge in [0.25, 0.3) is 0 Å². The smallest absolute Gasteiger partial charge is 0.219 e. The van der Waals surface area contributed by atoms with E-state index in [0.29, 0.717) is 6.42 Å². The fraction of sp³-hybridized carbons (Fsp3) is 0.462. The van der Waals surface area contributed by atoms with E-state index in [1.807, 2.05) is 43.3 Å². The molecule has 1 unspecified atom stereocenters. The van der Waals surface area contributed by atoms with Crippen LogP contribution < -0.4 is 10.2 Å². The topological polar surface area (TPSA) is 52.6 Å². The summed E-state index contributed by atoms with van der Waals surface area (Å²) in [5.74, 6) is -0.0473. The van der Waals surface area contributed by atoms with E-state index in [0.717, 1.165) is 11.3 Å². The Balaban J connectivity index is 2.57. The molecule has 4 nitrogen and oxygen atoms in total. The van der Waals surface area contributed by atoms with E-state index in [-0.39, 0.29) is 12.5 Å². The van der Waals surface area contributed by atoms with Gasteiger partial charge in [0.2, 0.25) is 5.91 Å². The highest BCUT2D eigenvalue weighted by Gasteiger charge is 2.08. The molecule has 0 fully saturated rings. The van der Waals surface area contributed by atoms with Crippen LogP contribution >= 0.6 is 0 Å². The number of hydrogen-bond donors (Lipinski definition) is 2. The molecule has 0 aliphatic heterocycles. The van der Waals surface area contributed by atoms with Crippen molar-refractivity contribution in [3.05, 3.63) is 29.8 Å². The van der Waals surface area contributed by atoms with Crippen LogP contribution in [0.5, 0.6) is 0 Å². The molecular weight excluding hydrogens is 216 g/mol. The van der Waals surface area contributed by atoms with Crippen LogP contribution in [0.15, 0.2) is 24.3 Å². The molecule has 0 aliphatic carbocycles. The van der Waals surface area contributed by atoms with Gasteiger partial charge < -0.3 is 15.3 Å². The number of benzene rings is 1. The zero-order chi connectivity index (χ0) is 12.8. The average Bonchev–Trinajstić information content (AvgIpc) is 2.35. The first-order valence-electron chi connectivity index (χ1n) is 5.76. The van der Waals surface area contributed by atoms with Crippen LogP contribution in [-0.2, 0) is 4.79 Å². The Morgan fingerprint density at radius 2 is 1.94 bits per heavy atom. The number of aliphatic hydroxyl groups excluding tert-OH is 1. The number of aliphatic hydroxyl groups is 1. The molecule has 0 saturated heterocycles. The number of nitrogens with zero attached hydrogens (tertiary/aromatic N) is 1. The van der Waals surface area contributed by atoms with Crippen LogP contribution in [0.3, 0.4) is 0 Å². The van der Waals surface area contributed by atoms with Gasteiger partial charge in [0.1, 0.15) is 0 Å². The molecule has 4 heteroatoms. The number of carbonyl (C=O) groups is 1. The molecular formula is C13H20N2O2. The van der Waals surface area contributed by atoms with E-state index in [4.69, 9.17) is 0 Å². The molecule has 17 heavy (non-hydrogen) atoms. The number of anilines is 1. The molecule has 0 aliphatic rings. The maximum atomic E-state index is 11.1. The molecule has 1 rings (SSSR count). The van der Waals surface area contributed by atoms with Gasteiger partial charge in [-0.3, -0.25) is 4.79 Å². The molecule has 1 atom stereocenters. The number of nitrogens with one attached hydrogen (secondary N) is 1. The summed E-state index contributed by atoms with van der Waals surface area (Å²) in [6, 6.07) is 7.64. The van der Waals surface area contributed by atoms with E-state index in [1.54, 1.807) is 6.92 Å². The first-order valence-corrected chi connectivity index (χ1v) is 5.76. The maximum Gasteiger partial charge on any atom is 0.219 e. The van der Waals surface area contributed by atoms with E-state index in [1.165, 1.54) is 0 Å². The summed E-state index contributed by atoms with van der Waals surface area (Å²) in [5.41, 5.74) is 1.89. The van der Waals surface area contributed by atoms with Crippen LogP contribution in [0.4, 0.5) is 5.69 Å². The summed E-state index contributed by atoms with van der Waals surface area (Å²) >= 11 is 0. The second kappa shape index (κ2) is 6.25. The molecule has 0 aromatic heterocycles. The van der Waals surface area contributed by atoms with Crippen LogP contribution in [0, 0.1) is 0 Å². The van der Waals surface area contributed by atoms with Crippen molar-refractivity contribution in [2.45, 2.75) is 19.4 Å². The van der Waals surface area contributed by atoms with Gasteiger partial charge in [-0.1, -0.05) is 19.1 Å². The predicted molar refractivity (Wildman–Crippen MR) is 69.0 cm³/mol. The fourth-order valence-electron chi connectivity index (χ4n) is 1.45. The minimum absolute atomic E-state index is 0.0473. The van der Waals surface area contributed by atoms with Crippen molar-refractivity contribution >= 4 is 11.6 Å². The summed E-state index contributed by atoms with van der Waals surface area (Å²) in [5, 5.41) is 12.5. The van der Waals surface area contributed by atoms with Crippen molar-refractivity contribution in [3.63, 3.8) is 0 Å². The molecule has 0 saturated carbocycles. The quantitative estimate of drug-likeness (QED) is 0.810. The maximum absolute atomic E-state index is 11.1. The zero-order valence-corrected chi connectivity index (χ0v) is 10.6. The first-order chi connectivity index (χ1) is 8.04. The third-order valence-electron chi connectivity index (χ3n) is 2.61. The number of amides is 1. The van der Waals surface area contributed by atoms with Crippen molar-refractivity contribution < 1.29 is 9.90 Å². The summed E-state index contributed by atoms with van der Waals surface area (Å²) in [4.78, 5) is 13.1. The molecule has 1 amide bonds. The standard InChI is InChI=1S/C13H20N2O2/c1-4-13(17)14-9-12(16)10-5-7-11(8-6-10)15(2)3/h5-8,12,16H,4,9H2,1-3H3,(H,14,17). The number of carbonyl (C=O) groups excluding carboxylic acids is 1. The fourth-order valence-corrected chi connectivity index (χ4v) is 1.45. The Hall–Kier alpha value is -1.55. The molecule has 1 aromatic rings. The van der Waals surface area contributed by atoms with Gasteiger partial charge in [0.15, 0.2) is 0 Å². The summed E-state index contributed by atoms with van der Waals surface area (Å²) in [7, 11) is 3.93. The van der Waals surface area contributed by atoms with Crippen LogP contribution in [0.25, 0.3) is 0 Å². The monoisotopic (exact) mass is 236 g/mol. The lowest BCUT2D eigenvalue weighted by atomic mass is 10.1. The van der Waals surface area contributed by atoms with E-state index >= 15 is 0 Å².